The van der Waals surface area contributed by atoms with Gasteiger partial charge in [0.2, 0.25) is 0 Å². The number of hydrogen-bond acceptors (Lipinski definition) is 2. The van der Waals surface area contributed by atoms with Gasteiger partial charge < -0.3 is 4.98 Å². The van der Waals surface area contributed by atoms with Crippen LogP contribution in [0.25, 0.3) is 0 Å². The van der Waals surface area contributed by atoms with Crippen molar-refractivity contribution >= 4 is 5.78 Å². The van der Waals surface area contributed by atoms with E-state index in [-0.39, 0.29) is 5.78 Å². The molecule has 2 rings (SSSR count). The van der Waals surface area contributed by atoms with Crippen molar-refractivity contribution < 1.29 is 4.79 Å². The second-order valence-corrected chi connectivity index (χ2v) is 3.72. The number of carbonyl (C=O) groups excluding carboxylic acids is 1. The van der Waals surface area contributed by atoms with E-state index in [4.69, 9.17) is 0 Å². The van der Waals surface area contributed by atoms with Crippen LogP contribution in [0, 0.1) is 0 Å². The van der Waals surface area contributed by atoms with Crippen LogP contribution in [0.15, 0.2) is 6.20 Å². The number of nitrogens with zero attached hydrogens (tertiary/aromatic N) is 1. The summed E-state index contributed by atoms with van der Waals surface area (Å²) in [6, 6.07) is 0. The zero-order chi connectivity index (χ0) is 9.26. The molecule has 1 N–H and O–H groups in total. The molecule has 1 aliphatic carbocycles. The molecule has 3 nitrogen and oxygen atoms in total. The molecule has 0 unspecified atom stereocenters. The highest BCUT2D eigenvalue weighted by atomic mass is 16.1. The van der Waals surface area contributed by atoms with Gasteiger partial charge in [0.1, 0.15) is 0 Å². The molecule has 1 fully saturated rings. The Kier molecular flexibility index (Phi) is 2.17. The fraction of sp³-hybridized carbons (Fsp3) is 0.600. The lowest BCUT2D eigenvalue weighted by Gasteiger charge is -2.03. The summed E-state index contributed by atoms with van der Waals surface area (Å²) in [6.07, 6.45) is 6.89. The summed E-state index contributed by atoms with van der Waals surface area (Å²) >= 11 is 0. The predicted octanol–water partition coefficient (Wildman–Crippen LogP) is 2.27. The fourth-order valence-corrected chi connectivity index (χ4v) is 1.96. The van der Waals surface area contributed by atoms with E-state index < -0.39 is 0 Å². The van der Waals surface area contributed by atoms with Gasteiger partial charge in [-0.15, -0.1) is 0 Å². The van der Waals surface area contributed by atoms with E-state index in [0.717, 1.165) is 5.69 Å². The van der Waals surface area contributed by atoms with Crippen LogP contribution in [-0.2, 0) is 0 Å². The Balaban J connectivity index is 2.16. The van der Waals surface area contributed by atoms with Crippen molar-refractivity contribution in [3.05, 3.63) is 17.7 Å². The van der Waals surface area contributed by atoms with Gasteiger partial charge in [0, 0.05) is 24.7 Å². The molecule has 70 valence electrons. The molecule has 0 aliphatic heterocycles. The van der Waals surface area contributed by atoms with Crippen molar-refractivity contribution in [1.29, 1.82) is 0 Å². The Bertz CT molecular complexity index is 310. The highest BCUT2D eigenvalue weighted by Crippen LogP contribution is 2.32. The van der Waals surface area contributed by atoms with Gasteiger partial charge in [-0.2, -0.15) is 0 Å². The van der Waals surface area contributed by atoms with Crippen molar-refractivity contribution in [2.75, 3.05) is 0 Å². The molecular formula is C10H14N2O. The number of hydrogen-bond donors (Lipinski definition) is 1. The van der Waals surface area contributed by atoms with E-state index in [2.05, 4.69) is 9.97 Å². The van der Waals surface area contributed by atoms with E-state index in [0.29, 0.717) is 11.7 Å². The van der Waals surface area contributed by atoms with E-state index >= 15 is 0 Å². The minimum atomic E-state index is 0.0178. The van der Waals surface area contributed by atoms with Gasteiger partial charge in [0.15, 0.2) is 11.6 Å². The van der Waals surface area contributed by atoms with Crippen molar-refractivity contribution in [1.82, 2.24) is 9.97 Å². The number of rotatable bonds is 2. The number of aromatic nitrogens is 2. The van der Waals surface area contributed by atoms with Gasteiger partial charge in [0.25, 0.3) is 0 Å². The molecule has 3 heteroatoms. The lowest BCUT2D eigenvalue weighted by atomic mass is 10.1. The standard InChI is InChI=1S/C10H14N2O/c1-7(13)10-11-6-9(12-10)8-4-2-3-5-8/h6,8H,2-5H2,1H3,(H,11,12). The fourth-order valence-electron chi connectivity index (χ4n) is 1.96. The highest BCUT2D eigenvalue weighted by Gasteiger charge is 2.19. The van der Waals surface area contributed by atoms with E-state index in [1.807, 2.05) is 6.20 Å². The molecule has 0 atom stereocenters. The summed E-state index contributed by atoms with van der Waals surface area (Å²) in [4.78, 5) is 18.1. The Morgan fingerprint density at radius 1 is 1.54 bits per heavy atom. The van der Waals surface area contributed by atoms with Crippen LogP contribution in [0.3, 0.4) is 0 Å². The van der Waals surface area contributed by atoms with Gasteiger partial charge in [-0.25, -0.2) is 4.98 Å². The van der Waals surface area contributed by atoms with Gasteiger partial charge in [-0.05, 0) is 12.8 Å². The molecule has 1 aromatic rings. The van der Waals surface area contributed by atoms with E-state index in [1.165, 1.54) is 32.6 Å². The first-order valence-electron chi connectivity index (χ1n) is 4.83. The van der Waals surface area contributed by atoms with Crippen LogP contribution in [0.4, 0.5) is 0 Å². The Morgan fingerprint density at radius 3 is 2.77 bits per heavy atom. The lowest BCUT2D eigenvalue weighted by molar-refractivity contribution is 0.100. The smallest absolute Gasteiger partial charge is 0.194 e. The quantitative estimate of drug-likeness (QED) is 0.706. The normalized spacial score (nSPS) is 17.9. The van der Waals surface area contributed by atoms with Crippen LogP contribution in [-0.4, -0.2) is 15.8 Å². The summed E-state index contributed by atoms with van der Waals surface area (Å²) in [5.41, 5.74) is 1.14. The van der Waals surface area contributed by atoms with Crippen LogP contribution >= 0.6 is 0 Å². The maximum Gasteiger partial charge on any atom is 0.194 e. The molecule has 1 heterocycles. The third-order valence-electron chi connectivity index (χ3n) is 2.72. The third-order valence-corrected chi connectivity index (χ3v) is 2.72. The van der Waals surface area contributed by atoms with E-state index in [1.54, 1.807) is 0 Å². The van der Waals surface area contributed by atoms with Crippen LogP contribution in [0.2, 0.25) is 0 Å². The summed E-state index contributed by atoms with van der Waals surface area (Å²) < 4.78 is 0. The molecule has 0 saturated heterocycles. The minimum Gasteiger partial charge on any atom is -0.339 e. The number of carbonyl (C=O) groups is 1. The largest absolute Gasteiger partial charge is 0.339 e. The number of nitrogens with one attached hydrogen (secondary N) is 1. The lowest BCUT2D eigenvalue weighted by Crippen LogP contribution is -1.96. The Morgan fingerprint density at radius 2 is 2.23 bits per heavy atom. The minimum absolute atomic E-state index is 0.0178. The van der Waals surface area contributed by atoms with Crippen molar-refractivity contribution in [2.45, 2.75) is 38.5 Å². The van der Waals surface area contributed by atoms with Gasteiger partial charge in [-0.1, -0.05) is 12.8 Å². The average molecular weight is 178 g/mol. The SMILES string of the molecule is CC(=O)c1ncc(C2CCCC2)[nH]1. The van der Waals surface area contributed by atoms with Gasteiger partial charge in [0.05, 0.1) is 0 Å². The van der Waals surface area contributed by atoms with Crippen LogP contribution in [0.1, 0.15) is 54.8 Å². The molecule has 0 radical (unpaired) electrons. The second-order valence-electron chi connectivity index (χ2n) is 3.72. The first kappa shape index (κ1) is 8.48. The molecule has 13 heavy (non-hydrogen) atoms. The predicted molar refractivity (Wildman–Crippen MR) is 49.8 cm³/mol. The van der Waals surface area contributed by atoms with Gasteiger partial charge in [-0.3, -0.25) is 4.79 Å². The van der Waals surface area contributed by atoms with Crippen LogP contribution in [0.5, 0.6) is 0 Å². The molecule has 1 saturated carbocycles. The molecular weight excluding hydrogens is 164 g/mol. The van der Waals surface area contributed by atoms with Crippen LogP contribution < -0.4 is 0 Å². The molecule has 0 amide bonds. The Hall–Kier alpha value is -1.12. The maximum absolute atomic E-state index is 11.0. The zero-order valence-corrected chi connectivity index (χ0v) is 7.84. The molecule has 1 aliphatic rings. The van der Waals surface area contributed by atoms with E-state index in [9.17, 15) is 4.79 Å². The number of Topliss-reactive ketones (excluding diaryl/α,β-unsaturated/α-hetero) is 1. The first-order chi connectivity index (χ1) is 6.27. The summed E-state index contributed by atoms with van der Waals surface area (Å²) in [5, 5.41) is 0. The summed E-state index contributed by atoms with van der Waals surface area (Å²) in [7, 11) is 0. The van der Waals surface area contributed by atoms with Crippen molar-refractivity contribution in [3.8, 4) is 0 Å². The molecule has 0 aromatic carbocycles. The number of imidazole rings is 1. The number of ketones is 1. The maximum atomic E-state index is 11.0. The van der Waals surface area contributed by atoms with Gasteiger partial charge >= 0.3 is 0 Å². The number of H-pyrrole nitrogens is 1. The van der Waals surface area contributed by atoms with Crippen molar-refractivity contribution in [3.63, 3.8) is 0 Å². The topological polar surface area (TPSA) is 45.8 Å². The number of aromatic amines is 1. The molecule has 0 bridgehead atoms. The second kappa shape index (κ2) is 3.32. The monoisotopic (exact) mass is 178 g/mol. The highest BCUT2D eigenvalue weighted by molar-refractivity contribution is 5.90. The molecule has 0 spiro atoms. The average Bonchev–Trinajstić information content (AvgIpc) is 2.75. The first-order valence-corrected chi connectivity index (χ1v) is 4.83. The zero-order valence-electron chi connectivity index (χ0n) is 7.84. The summed E-state index contributed by atoms with van der Waals surface area (Å²) in [6.45, 7) is 1.54. The Labute approximate surface area is 77.6 Å². The third kappa shape index (κ3) is 1.64. The summed E-state index contributed by atoms with van der Waals surface area (Å²) in [5.74, 6) is 1.13. The van der Waals surface area contributed by atoms with Crippen molar-refractivity contribution in [2.24, 2.45) is 0 Å². The molecule has 1 aromatic heterocycles.